The molecular weight excluding hydrogens is 750 g/mol. The molecule has 2 aliphatic heterocycles. The third-order valence-corrected chi connectivity index (χ3v) is 11.8. The van der Waals surface area contributed by atoms with Crippen LogP contribution in [0, 0.1) is 0 Å². The van der Waals surface area contributed by atoms with E-state index in [-0.39, 0.29) is 12.5 Å². The zero-order valence-corrected chi connectivity index (χ0v) is 36.1. The summed E-state index contributed by atoms with van der Waals surface area (Å²) in [5.74, 6) is -0.230. The van der Waals surface area contributed by atoms with Crippen LogP contribution in [0.4, 0.5) is 0 Å². The molecule has 14 nitrogen and oxygen atoms in total. The second-order valence-electron chi connectivity index (χ2n) is 16.9. The van der Waals surface area contributed by atoms with E-state index in [1.54, 1.807) is 0 Å². The van der Waals surface area contributed by atoms with E-state index in [2.05, 4.69) is 12.2 Å². The minimum absolute atomic E-state index is 0.230. The Labute approximate surface area is 349 Å². The van der Waals surface area contributed by atoms with Crippen LogP contribution in [-0.2, 0) is 23.7 Å². The fourth-order valence-electron chi connectivity index (χ4n) is 7.94. The first-order valence-electron chi connectivity index (χ1n) is 23.3. The molecule has 0 aromatic carbocycles. The predicted octanol–water partition coefficient (Wildman–Crippen LogP) is 4.66. The Morgan fingerprint density at radius 1 is 0.552 bits per heavy atom. The molecule has 0 aromatic heterocycles. The number of ether oxygens (including phenoxy) is 4. The Morgan fingerprint density at radius 3 is 1.47 bits per heavy atom. The molecule has 0 bridgehead atoms. The van der Waals surface area contributed by atoms with Crippen LogP contribution in [0.15, 0.2) is 0 Å². The zero-order chi connectivity index (χ0) is 42.5. The van der Waals surface area contributed by atoms with Gasteiger partial charge in [-0.1, -0.05) is 162 Å². The number of amides is 1. The lowest BCUT2D eigenvalue weighted by Gasteiger charge is -2.46. The molecule has 0 spiro atoms. The number of nitrogens with one attached hydrogen (secondary N) is 1. The summed E-state index contributed by atoms with van der Waals surface area (Å²) in [5.41, 5.74) is 0. The smallest absolute Gasteiger partial charge is 0.220 e. The summed E-state index contributed by atoms with van der Waals surface area (Å²) >= 11 is 0. The Morgan fingerprint density at radius 2 is 0.983 bits per heavy atom. The van der Waals surface area contributed by atoms with Crippen molar-refractivity contribution < 1.29 is 64.6 Å². The fourth-order valence-corrected chi connectivity index (χ4v) is 7.94. The van der Waals surface area contributed by atoms with Gasteiger partial charge in [-0.25, -0.2) is 0 Å². The molecule has 2 saturated heterocycles. The number of hydrogen-bond donors (Lipinski definition) is 9. The minimum Gasteiger partial charge on any atom is -0.394 e. The van der Waals surface area contributed by atoms with E-state index in [9.17, 15) is 45.6 Å². The van der Waals surface area contributed by atoms with Crippen molar-refractivity contribution in [3.8, 4) is 0 Å². The molecule has 9 N–H and O–H groups in total. The number of hydrogen-bond acceptors (Lipinski definition) is 13. The summed E-state index contributed by atoms with van der Waals surface area (Å²) in [6, 6.07) is -0.817. The molecule has 0 saturated carbocycles. The van der Waals surface area contributed by atoms with Gasteiger partial charge in [0.05, 0.1) is 32.0 Å². The summed E-state index contributed by atoms with van der Waals surface area (Å²) in [6.45, 7) is 2.67. The molecule has 2 heterocycles. The lowest BCUT2D eigenvalue weighted by Crippen LogP contribution is -2.65. The predicted molar refractivity (Wildman–Crippen MR) is 222 cm³/mol. The van der Waals surface area contributed by atoms with Crippen LogP contribution in [-0.4, -0.2) is 140 Å². The fraction of sp³-hybridized carbons (Fsp3) is 0.977. The van der Waals surface area contributed by atoms with Crippen LogP contribution in [0.25, 0.3) is 0 Å². The highest BCUT2D eigenvalue weighted by atomic mass is 16.7. The Hall–Kier alpha value is -1.01. The van der Waals surface area contributed by atoms with E-state index in [1.807, 2.05) is 6.92 Å². The third kappa shape index (κ3) is 20.7. The van der Waals surface area contributed by atoms with Gasteiger partial charge in [0.1, 0.15) is 48.8 Å². The lowest BCUT2D eigenvalue weighted by atomic mass is 9.97. The average molecular weight is 836 g/mol. The number of carbonyl (C=O) groups excluding carboxylic acids is 1. The molecule has 1 amide bonds. The van der Waals surface area contributed by atoms with Crippen molar-refractivity contribution >= 4 is 5.91 Å². The molecule has 12 unspecified atom stereocenters. The number of rotatable bonds is 35. The van der Waals surface area contributed by atoms with Gasteiger partial charge in [-0.15, -0.1) is 0 Å². The minimum atomic E-state index is -1.78. The number of aliphatic hydroxyl groups is 8. The van der Waals surface area contributed by atoms with Crippen molar-refractivity contribution in [1.29, 1.82) is 0 Å². The van der Waals surface area contributed by atoms with E-state index in [0.717, 1.165) is 38.5 Å². The standard InChI is InChI=1S/C44H85NO13/c1-3-5-7-8-9-10-11-12-13-14-15-16-17-18-19-20-21-22-23-24-26-27-33(48)32(45-36(49)28-25-6-4-2)31-55-43-41(54)39(52)42(35(30-47)57-43)58-44-40(53)38(51)37(50)34(29-46)56-44/h32-35,37-44,46-48,50-54H,3-31H2,1-2H3,(H,45,49). The van der Waals surface area contributed by atoms with Gasteiger partial charge in [-0.2, -0.15) is 0 Å². The highest BCUT2D eigenvalue weighted by molar-refractivity contribution is 5.76. The number of carbonyl (C=O) groups is 1. The Balaban J connectivity index is 1.70. The van der Waals surface area contributed by atoms with Gasteiger partial charge >= 0.3 is 0 Å². The van der Waals surface area contributed by atoms with E-state index in [0.29, 0.717) is 19.3 Å². The van der Waals surface area contributed by atoms with Gasteiger partial charge in [-0.05, 0) is 12.8 Å². The van der Waals surface area contributed by atoms with Gasteiger partial charge in [0.2, 0.25) is 5.91 Å². The molecule has 0 aliphatic carbocycles. The van der Waals surface area contributed by atoms with Crippen molar-refractivity contribution in [1.82, 2.24) is 5.32 Å². The van der Waals surface area contributed by atoms with Crippen LogP contribution in [0.5, 0.6) is 0 Å². The number of unbranched alkanes of at least 4 members (excludes halogenated alkanes) is 22. The molecule has 0 radical (unpaired) electrons. The molecule has 12 atom stereocenters. The molecule has 58 heavy (non-hydrogen) atoms. The van der Waals surface area contributed by atoms with E-state index < -0.39 is 86.8 Å². The maximum atomic E-state index is 12.8. The largest absolute Gasteiger partial charge is 0.394 e. The molecule has 2 rings (SSSR count). The van der Waals surface area contributed by atoms with Gasteiger partial charge in [-0.3, -0.25) is 4.79 Å². The Bertz CT molecular complexity index is 993. The molecule has 2 fully saturated rings. The topological polar surface area (TPSA) is 228 Å². The zero-order valence-electron chi connectivity index (χ0n) is 36.1. The van der Waals surface area contributed by atoms with Crippen molar-refractivity contribution in [2.45, 2.75) is 254 Å². The Kier molecular flexibility index (Phi) is 29.9. The first-order chi connectivity index (χ1) is 28.1. The normalized spacial score (nSPS) is 28.7. The third-order valence-electron chi connectivity index (χ3n) is 11.8. The SMILES string of the molecule is CCCCCCCCCCCCCCCCCCCCCCCC(O)C(COC1OC(CO)C(OC2OC(CO)C(O)C(O)C2O)C(O)C1O)NC(=O)CCCCC. The summed E-state index contributed by atoms with van der Waals surface area (Å²) in [6.07, 6.45) is 13.6. The van der Waals surface area contributed by atoms with E-state index in [4.69, 9.17) is 18.9 Å². The summed E-state index contributed by atoms with van der Waals surface area (Å²) in [5, 5.41) is 86.1. The number of aliphatic hydroxyl groups excluding tert-OH is 8. The van der Waals surface area contributed by atoms with Crippen LogP contribution in [0.1, 0.15) is 181 Å². The molecular formula is C44H85NO13. The van der Waals surface area contributed by atoms with Crippen LogP contribution in [0.3, 0.4) is 0 Å². The summed E-state index contributed by atoms with van der Waals surface area (Å²) in [4.78, 5) is 12.8. The maximum absolute atomic E-state index is 12.8. The summed E-state index contributed by atoms with van der Waals surface area (Å²) in [7, 11) is 0. The lowest BCUT2D eigenvalue weighted by molar-refractivity contribution is -0.359. The highest BCUT2D eigenvalue weighted by Gasteiger charge is 2.51. The van der Waals surface area contributed by atoms with Crippen molar-refractivity contribution in [2.75, 3.05) is 19.8 Å². The first kappa shape index (κ1) is 53.1. The van der Waals surface area contributed by atoms with E-state index >= 15 is 0 Å². The quantitative estimate of drug-likeness (QED) is 0.0397. The molecule has 0 aromatic rings. The monoisotopic (exact) mass is 836 g/mol. The molecule has 344 valence electrons. The van der Waals surface area contributed by atoms with Gasteiger partial charge in [0.15, 0.2) is 12.6 Å². The van der Waals surface area contributed by atoms with Crippen molar-refractivity contribution in [3.63, 3.8) is 0 Å². The van der Waals surface area contributed by atoms with Crippen molar-refractivity contribution in [2.24, 2.45) is 0 Å². The average Bonchev–Trinajstić information content (AvgIpc) is 3.22. The first-order valence-corrected chi connectivity index (χ1v) is 23.3. The van der Waals surface area contributed by atoms with Gasteiger partial charge < -0.3 is 65.1 Å². The van der Waals surface area contributed by atoms with Crippen LogP contribution >= 0.6 is 0 Å². The van der Waals surface area contributed by atoms with Gasteiger partial charge in [0.25, 0.3) is 0 Å². The maximum Gasteiger partial charge on any atom is 0.220 e. The van der Waals surface area contributed by atoms with Crippen LogP contribution < -0.4 is 5.32 Å². The van der Waals surface area contributed by atoms with E-state index in [1.165, 1.54) is 109 Å². The second kappa shape index (κ2) is 32.7. The second-order valence-corrected chi connectivity index (χ2v) is 16.9. The van der Waals surface area contributed by atoms with Crippen LogP contribution in [0.2, 0.25) is 0 Å². The summed E-state index contributed by atoms with van der Waals surface area (Å²) < 4.78 is 22.5. The molecule has 14 heteroatoms. The highest BCUT2D eigenvalue weighted by Crippen LogP contribution is 2.30. The van der Waals surface area contributed by atoms with Gasteiger partial charge in [0, 0.05) is 6.42 Å². The van der Waals surface area contributed by atoms with Crippen molar-refractivity contribution in [3.05, 3.63) is 0 Å². The molecule has 2 aliphatic rings.